The summed E-state index contributed by atoms with van der Waals surface area (Å²) in [7, 11) is 1.58. The van der Waals surface area contributed by atoms with Crippen LogP contribution in [0.2, 0.25) is 0 Å². The van der Waals surface area contributed by atoms with Crippen molar-refractivity contribution in [1.29, 1.82) is 0 Å². The van der Waals surface area contributed by atoms with Crippen LogP contribution in [0.3, 0.4) is 0 Å². The Kier molecular flexibility index (Phi) is 8.65. The van der Waals surface area contributed by atoms with E-state index in [4.69, 9.17) is 14.6 Å². The molecule has 0 aliphatic heterocycles. The number of aromatic nitrogens is 2. The minimum atomic E-state index is -0.764. The number of carbonyl (C=O) groups excluding carboxylic acids is 1. The molecule has 1 heterocycles. The van der Waals surface area contributed by atoms with Crippen molar-refractivity contribution < 1.29 is 24.2 Å². The Morgan fingerprint density at radius 2 is 1.59 bits per heavy atom. The van der Waals surface area contributed by atoms with Gasteiger partial charge < -0.3 is 19.9 Å². The Hall–Kier alpha value is -4.46. The highest BCUT2D eigenvalue weighted by Crippen LogP contribution is 2.35. The summed E-state index contributed by atoms with van der Waals surface area (Å²) in [5.41, 5.74) is 2.73. The van der Waals surface area contributed by atoms with Crippen molar-refractivity contribution in [2.24, 2.45) is 0 Å². The number of carboxylic acids is 1. The maximum Gasteiger partial charge on any atom is 0.303 e. The minimum Gasteiger partial charge on any atom is -0.493 e. The SMILES string of the molecule is COc1cc2ncnc(Nc3ccc(C(=O)c4ccccc4)cc3)c2cc1OCCCCCCC(=O)O. The molecule has 0 unspecified atom stereocenters. The molecule has 0 radical (unpaired) electrons. The van der Waals surface area contributed by atoms with Gasteiger partial charge in [0.05, 0.1) is 19.2 Å². The Morgan fingerprint density at radius 1 is 0.865 bits per heavy atom. The van der Waals surface area contributed by atoms with Crippen molar-refractivity contribution >= 4 is 34.2 Å². The summed E-state index contributed by atoms with van der Waals surface area (Å²) >= 11 is 0. The fourth-order valence-electron chi connectivity index (χ4n) is 3.95. The molecule has 1 aromatic heterocycles. The van der Waals surface area contributed by atoms with Crippen LogP contribution in [0.1, 0.15) is 48.0 Å². The first-order chi connectivity index (χ1) is 18.0. The molecule has 4 aromatic rings. The third-order valence-electron chi connectivity index (χ3n) is 5.91. The number of methoxy groups -OCH3 is 1. The fourth-order valence-corrected chi connectivity index (χ4v) is 3.95. The second kappa shape index (κ2) is 12.5. The number of hydrogen-bond acceptors (Lipinski definition) is 7. The Morgan fingerprint density at radius 3 is 2.32 bits per heavy atom. The molecule has 0 amide bonds. The highest BCUT2D eigenvalue weighted by Gasteiger charge is 2.13. The van der Waals surface area contributed by atoms with Crippen LogP contribution in [0.15, 0.2) is 73.1 Å². The predicted octanol–water partition coefficient (Wildman–Crippen LogP) is 6.03. The molecule has 8 heteroatoms. The molecule has 8 nitrogen and oxygen atoms in total. The maximum atomic E-state index is 12.7. The molecule has 0 aliphatic carbocycles. The highest BCUT2D eigenvalue weighted by atomic mass is 16.5. The van der Waals surface area contributed by atoms with Crippen LogP contribution in [-0.4, -0.2) is 40.5 Å². The zero-order valence-electron chi connectivity index (χ0n) is 20.6. The Bertz CT molecular complexity index is 1360. The normalized spacial score (nSPS) is 10.7. The van der Waals surface area contributed by atoms with Gasteiger partial charge in [0, 0.05) is 34.7 Å². The number of carboxylic acid groups (broad SMARTS) is 1. The van der Waals surface area contributed by atoms with Gasteiger partial charge in [0.15, 0.2) is 17.3 Å². The lowest BCUT2D eigenvalue weighted by Crippen LogP contribution is -2.02. The van der Waals surface area contributed by atoms with Gasteiger partial charge >= 0.3 is 5.97 Å². The molecule has 3 aromatic carbocycles. The van der Waals surface area contributed by atoms with Gasteiger partial charge in [0.2, 0.25) is 0 Å². The Balaban J connectivity index is 1.45. The molecule has 0 aliphatic rings. The van der Waals surface area contributed by atoms with Crippen LogP contribution < -0.4 is 14.8 Å². The van der Waals surface area contributed by atoms with Crippen LogP contribution in [-0.2, 0) is 4.79 Å². The maximum absolute atomic E-state index is 12.7. The highest BCUT2D eigenvalue weighted by molar-refractivity contribution is 6.09. The molecule has 0 saturated heterocycles. The van der Waals surface area contributed by atoms with E-state index in [0.717, 1.165) is 30.3 Å². The zero-order valence-corrected chi connectivity index (χ0v) is 20.6. The van der Waals surface area contributed by atoms with E-state index in [9.17, 15) is 9.59 Å². The van der Waals surface area contributed by atoms with E-state index in [2.05, 4.69) is 15.3 Å². The largest absolute Gasteiger partial charge is 0.493 e. The zero-order chi connectivity index (χ0) is 26.0. The fraction of sp³-hybridized carbons (Fsp3) is 0.241. The molecule has 0 fully saturated rings. The van der Waals surface area contributed by atoms with Crippen LogP contribution in [0.25, 0.3) is 10.9 Å². The number of rotatable bonds is 13. The van der Waals surface area contributed by atoms with Gasteiger partial charge in [-0.1, -0.05) is 43.2 Å². The van der Waals surface area contributed by atoms with Crippen molar-refractivity contribution in [2.75, 3.05) is 19.0 Å². The summed E-state index contributed by atoms with van der Waals surface area (Å²) in [5.74, 6) is 0.970. The van der Waals surface area contributed by atoms with Gasteiger partial charge in [-0.15, -0.1) is 0 Å². The molecule has 0 saturated carbocycles. The number of benzene rings is 3. The topological polar surface area (TPSA) is 111 Å². The van der Waals surface area contributed by atoms with Crippen molar-refractivity contribution in [2.45, 2.75) is 32.1 Å². The molecular formula is C29H29N3O5. The smallest absolute Gasteiger partial charge is 0.303 e. The lowest BCUT2D eigenvalue weighted by atomic mass is 10.0. The average molecular weight is 500 g/mol. The van der Waals surface area contributed by atoms with E-state index in [1.165, 1.54) is 6.33 Å². The predicted molar refractivity (Wildman–Crippen MR) is 142 cm³/mol. The van der Waals surface area contributed by atoms with Gasteiger partial charge in [-0.3, -0.25) is 9.59 Å². The molecule has 0 atom stereocenters. The second-order valence-electron chi connectivity index (χ2n) is 8.55. The quantitative estimate of drug-likeness (QED) is 0.170. The van der Waals surface area contributed by atoms with Crippen molar-refractivity contribution in [3.63, 3.8) is 0 Å². The number of nitrogens with one attached hydrogen (secondary N) is 1. The second-order valence-corrected chi connectivity index (χ2v) is 8.55. The van der Waals surface area contributed by atoms with E-state index in [0.29, 0.717) is 47.0 Å². The molecule has 4 rings (SSSR count). The van der Waals surface area contributed by atoms with Gasteiger partial charge in [0.25, 0.3) is 0 Å². The first kappa shape index (κ1) is 25.6. The Labute approximate surface area is 215 Å². The van der Waals surface area contributed by atoms with Crippen LogP contribution in [0.4, 0.5) is 11.5 Å². The first-order valence-electron chi connectivity index (χ1n) is 12.2. The van der Waals surface area contributed by atoms with Crippen LogP contribution in [0.5, 0.6) is 11.5 Å². The number of nitrogens with zero attached hydrogens (tertiary/aromatic N) is 2. The van der Waals surface area contributed by atoms with E-state index >= 15 is 0 Å². The summed E-state index contributed by atoms with van der Waals surface area (Å²) in [6, 6.07) is 20.1. The summed E-state index contributed by atoms with van der Waals surface area (Å²) in [4.78, 5) is 32.1. The number of aliphatic carboxylic acids is 1. The number of unbranched alkanes of at least 4 members (excludes halogenated alkanes) is 3. The number of fused-ring (bicyclic) bond motifs is 1. The van der Waals surface area contributed by atoms with E-state index in [1.807, 2.05) is 42.5 Å². The summed E-state index contributed by atoms with van der Waals surface area (Å²) in [6.07, 6.45) is 4.90. The summed E-state index contributed by atoms with van der Waals surface area (Å²) in [5, 5.41) is 12.8. The van der Waals surface area contributed by atoms with Gasteiger partial charge in [0.1, 0.15) is 12.1 Å². The van der Waals surface area contributed by atoms with Crippen molar-refractivity contribution in [3.05, 3.63) is 84.2 Å². The van der Waals surface area contributed by atoms with Gasteiger partial charge in [-0.25, -0.2) is 9.97 Å². The third kappa shape index (κ3) is 6.82. The number of hydrogen-bond donors (Lipinski definition) is 2. The lowest BCUT2D eigenvalue weighted by molar-refractivity contribution is -0.137. The van der Waals surface area contributed by atoms with Crippen LogP contribution >= 0.6 is 0 Å². The van der Waals surface area contributed by atoms with Crippen molar-refractivity contribution in [1.82, 2.24) is 9.97 Å². The number of anilines is 2. The molecular weight excluding hydrogens is 470 g/mol. The molecule has 190 valence electrons. The third-order valence-corrected chi connectivity index (χ3v) is 5.91. The summed E-state index contributed by atoms with van der Waals surface area (Å²) < 4.78 is 11.5. The van der Waals surface area contributed by atoms with Gasteiger partial charge in [-0.2, -0.15) is 0 Å². The standard InChI is InChI=1S/C29H29N3O5/c1-36-25-18-24-23(17-26(25)37-16-8-3-2-7-11-27(33)34)29(31-19-30-24)32-22-14-12-21(13-15-22)28(35)20-9-5-4-6-10-20/h4-6,9-10,12-15,17-19H,2-3,7-8,11,16H2,1H3,(H,33,34)(H,30,31,32). The number of carbonyl (C=O) groups is 2. The summed E-state index contributed by atoms with van der Waals surface area (Å²) in [6.45, 7) is 0.488. The minimum absolute atomic E-state index is 0.0320. The van der Waals surface area contributed by atoms with Crippen LogP contribution in [0, 0.1) is 0 Å². The first-order valence-corrected chi connectivity index (χ1v) is 12.2. The molecule has 37 heavy (non-hydrogen) atoms. The van der Waals surface area contributed by atoms with E-state index in [1.54, 1.807) is 31.4 Å². The monoisotopic (exact) mass is 499 g/mol. The average Bonchev–Trinajstić information content (AvgIpc) is 2.92. The number of ketones is 1. The van der Waals surface area contributed by atoms with E-state index < -0.39 is 5.97 Å². The molecule has 0 spiro atoms. The van der Waals surface area contributed by atoms with Gasteiger partial charge in [-0.05, 0) is 43.2 Å². The number of ether oxygens (including phenoxy) is 2. The molecule has 2 N–H and O–H groups in total. The van der Waals surface area contributed by atoms with E-state index in [-0.39, 0.29) is 12.2 Å². The van der Waals surface area contributed by atoms with Crippen molar-refractivity contribution in [3.8, 4) is 11.5 Å². The molecule has 0 bridgehead atoms. The lowest BCUT2D eigenvalue weighted by Gasteiger charge is -2.14.